The molecular formula is C20H20Cl2N3O2. The molecule has 0 N–H and O–H groups in total. The number of ether oxygens (including phenoxy) is 1. The highest BCUT2D eigenvalue weighted by Gasteiger charge is 2.17. The fourth-order valence-electron chi connectivity index (χ4n) is 3.44. The zero-order valence-electron chi connectivity index (χ0n) is 14.8. The summed E-state index contributed by atoms with van der Waals surface area (Å²) in [6.45, 7) is 8.49. The van der Waals surface area contributed by atoms with Gasteiger partial charge >= 0.3 is 5.69 Å². The summed E-state index contributed by atoms with van der Waals surface area (Å²) >= 11 is 12.4. The quantitative estimate of drug-likeness (QED) is 0.666. The minimum Gasteiger partial charge on any atom is -0.379 e. The normalized spacial score (nSPS) is 15.5. The van der Waals surface area contributed by atoms with Crippen LogP contribution in [0.2, 0.25) is 10.0 Å². The molecule has 1 aromatic heterocycles. The van der Waals surface area contributed by atoms with E-state index in [4.69, 9.17) is 27.9 Å². The first-order valence-electron chi connectivity index (χ1n) is 8.87. The van der Waals surface area contributed by atoms with Crippen LogP contribution in [0, 0.1) is 6.92 Å². The summed E-state index contributed by atoms with van der Waals surface area (Å²) in [6, 6.07) is 10.9. The van der Waals surface area contributed by atoms with Gasteiger partial charge in [-0.3, -0.25) is 14.0 Å². The molecule has 0 atom stereocenters. The molecule has 2 aromatic carbocycles. The van der Waals surface area contributed by atoms with Crippen LogP contribution in [0.15, 0.2) is 41.2 Å². The minimum absolute atomic E-state index is 0.103. The Morgan fingerprint density at radius 2 is 1.78 bits per heavy atom. The van der Waals surface area contributed by atoms with Crippen molar-refractivity contribution >= 4 is 34.2 Å². The van der Waals surface area contributed by atoms with Gasteiger partial charge in [-0.25, -0.2) is 4.79 Å². The maximum Gasteiger partial charge on any atom is 0.333 e. The van der Waals surface area contributed by atoms with Gasteiger partial charge in [0.1, 0.15) is 0 Å². The number of halogens is 2. The number of imidazole rings is 1. The van der Waals surface area contributed by atoms with E-state index in [0.717, 1.165) is 55.1 Å². The van der Waals surface area contributed by atoms with E-state index in [2.05, 4.69) is 11.8 Å². The number of nitrogens with zero attached hydrogens (tertiary/aromatic N) is 3. The van der Waals surface area contributed by atoms with Gasteiger partial charge in [0.25, 0.3) is 0 Å². The van der Waals surface area contributed by atoms with Gasteiger partial charge in [-0.15, -0.1) is 0 Å². The second-order valence-electron chi connectivity index (χ2n) is 6.63. The molecule has 7 heteroatoms. The number of benzene rings is 2. The van der Waals surface area contributed by atoms with Crippen LogP contribution < -0.4 is 5.69 Å². The average Bonchev–Trinajstić information content (AvgIpc) is 2.94. The summed E-state index contributed by atoms with van der Waals surface area (Å²) in [7, 11) is 0. The zero-order valence-corrected chi connectivity index (χ0v) is 16.3. The molecule has 141 valence electrons. The molecule has 2 heterocycles. The molecule has 0 saturated carbocycles. The number of morpholine rings is 1. The van der Waals surface area contributed by atoms with Crippen molar-refractivity contribution in [1.82, 2.24) is 14.0 Å². The average molecular weight is 405 g/mol. The van der Waals surface area contributed by atoms with Crippen LogP contribution in [0.4, 0.5) is 0 Å². The number of hydrogen-bond acceptors (Lipinski definition) is 3. The Hall–Kier alpha value is -1.79. The molecule has 3 aromatic rings. The lowest BCUT2D eigenvalue weighted by atomic mass is 10.2. The van der Waals surface area contributed by atoms with Crippen molar-refractivity contribution in [3.05, 3.63) is 69.4 Å². The predicted molar refractivity (Wildman–Crippen MR) is 109 cm³/mol. The molecule has 0 amide bonds. The van der Waals surface area contributed by atoms with E-state index in [1.54, 1.807) is 21.3 Å². The van der Waals surface area contributed by atoms with Crippen molar-refractivity contribution in [3.8, 4) is 5.69 Å². The van der Waals surface area contributed by atoms with Gasteiger partial charge in [-0.1, -0.05) is 29.3 Å². The van der Waals surface area contributed by atoms with Gasteiger partial charge in [0, 0.05) is 36.2 Å². The fourth-order valence-corrected chi connectivity index (χ4v) is 3.78. The van der Waals surface area contributed by atoms with Crippen molar-refractivity contribution < 1.29 is 4.74 Å². The van der Waals surface area contributed by atoms with Crippen molar-refractivity contribution in [1.29, 1.82) is 0 Å². The summed E-state index contributed by atoms with van der Waals surface area (Å²) < 4.78 is 8.85. The van der Waals surface area contributed by atoms with Crippen LogP contribution >= 0.6 is 23.2 Å². The van der Waals surface area contributed by atoms with E-state index in [-0.39, 0.29) is 5.69 Å². The van der Waals surface area contributed by atoms with E-state index in [9.17, 15) is 4.79 Å². The van der Waals surface area contributed by atoms with Crippen LogP contribution in [-0.2, 0) is 11.3 Å². The summed E-state index contributed by atoms with van der Waals surface area (Å²) in [4.78, 5) is 15.6. The molecule has 1 aliphatic heterocycles. The lowest BCUT2D eigenvalue weighted by molar-refractivity contribution is 0.0364. The van der Waals surface area contributed by atoms with Crippen LogP contribution in [0.1, 0.15) is 5.56 Å². The summed E-state index contributed by atoms with van der Waals surface area (Å²) in [5.74, 6) is 0. The van der Waals surface area contributed by atoms with Crippen LogP contribution in [-0.4, -0.2) is 46.9 Å². The third-order valence-corrected chi connectivity index (χ3v) is 5.52. The van der Waals surface area contributed by atoms with Gasteiger partial charge in [-0.2, -0.15) is 0 Å². The molecule has 27 heavy (non-hydrogen) atoms. The molecule has 5 nitrogen and oxygen atoms in total. The topological polar surface area (TPSA) is 39.4 Å². The standard InChI is InChI=1S/C20H20Cl2N3O2/c1-14-2-4-16(13-17(14)22)25-18-5-3-15(21)12-19(18)24(20(25)26)7-6-23-8-10-27-11-9-23/h2-5,12-13H,1,6-11H2. The minimum atomic E-state index is -0.103. The Morgan fingerprint density at radius 1 is 1.00 bits per heavy atom. The highest BCUT2D eigenvalue weighted by molar-refractivity contribution is 6.31. The highest BCUT2D eigenvalue weighted by Crippen LogP contribution is 2.24. The summed E-state index contributed by atoms with van der Waals surface area (Å²) in [6.07, 6.45) is 0. The first-order chi connectivity index (χ1) is 13.0. The van der Waals surface area contributed by atoms with Gasteiger partial charge < -0.3 is 4.74 Å². The maximum absolute atomic E-state index is 13.2. The second-order valence-corrected chi connectivity index (χ2v) is 7.48. The van der Waals surface area contributed by atoms with E-state index in [1.165, 1.54) is 0 Å². The monoisotopic (exact) mass is 404 g/mol. The number of fused-ring (bicyclic) bond motifs is 1. The van der Waals surface area contributed by atoms with E-state index < -0.39 is 0 Å². The lowest BCUT2D eigenvalue weighted by Gasteiger charge is -2.26. The Labute approximate surface area is 167 Å². The summed E-state index contributed by atoms with van der Waals surface area (Å²) in [5.41, 5.74) is 2.96. The van der Waals surface area contributed by atoms with Gasteiger partial charge in [0.05, 0.1) is 29.9 Å². The Bertz CT molecular complexity index is 1040. The van der Waals surface area contributed by atoms with Crippen molar-refractivity contribution in [2.24, 2.45) is 0 Å². The fraction of sp³-hybridized carbons (Fsp3) is 0.300. The largest absolute Gasteiger partial charge is 0.379 e. The van der Waals surface area contributed by atoms with Crippen molar-refractivity contribution in [2.45, 2.75) is 6.54 Å². The smallest absolute Gasteiger partial charge is 0.333 e. The summed E-state index contributed by atoms with van der Waals surface area (Å²) in [5, 5.41) is 1.13. The Kier molecular flexibility index (Phi) is 5.28. The SMILES string of the molecule is [CH2]c1ccc(-n2c(=O)n(CCN3CCOCC3)c3cc(Cl)ccc32)cc1Cl. The molecule has 0 bridgehead atoms. The Balaban J connectivity index is 1.78. The third-order valence-electron chi connectivity index (χ3n) is 4.93. The number of aromatic nitrogens is 2. The van der Waals surface area contributed by atoms with Crippen LogP contribution in [0.25, 0.3) is 16.7 Å². The van der Waals surface area contributed by atoms with Gasteiger partial charge in [-0.05, 0) is 42.8 Å². The van der Waals surface area contributed by atoms with E-state index in [0.29, 0.717) is 16.6 Å². The molecule has 4 rings (SSSR count). The highest BCUT2D eigenvalue weighted by atomic mass is 35.5. The maximum atomic E-state index is 13.2. The number of rotatable bonds is 4. The second kappa shape index (κ2) is 7.68. The molecular weight excluding hydrogens is 385 g/mol. The predicted octanol–water partition coefficient (Wildman–Crippen LogP) is 3.61. The molecule has 1 fully saturated rings. The van der Waals surface area contributed by atoms with Crippen LogP contribution in [0.5, 0.6) is 0 Å². The molecule has 1 aliphatic rings. The van der Waals surface area contributed by atoms with Crippen molar-refractivity contribution in [2.75, 3.05) is 32.8 Å². The number of hydrogen-bond donors (Lipinski definition) is 0. The first kappa shape index (κ1) is 18.6. The van der Waals surface area contributed by atoms with Crippen LogP contribution in [0.3, 0.4) is 0 Å². The first-order valence-corrected chi connectivity index (χ1v) is 9.63. The molecule has 0 unspecified atom stereocenters. The van der Waals surface area contributed by atoms with Crippen molar-refractivity contribution in [3.63, 3.8) is 0 Å². The van der Waals surface area contributed by atoms with E-state index in [1.807, 2.05) is 24.3 Å². The zero-order chi connectivity index (χ0) is 19.0. The molecule has 1 radical (unpaired) electrons. The molecule has 0 aliphatic carbocycles. The third kappa shape index (κ3) is 3.65. The lowest BCUT2D eigenvalue weighted by Crippen LogP contribution is -2.39. The van der Waals surface area contributed by atoms with E-state index >= 15 is 0 Å². The Morgan fingerprint density at radius 3 is 2.52 bits per heavy atom. The molecule has 1 saturated heterocycles. The molecule has 0 spiro atoms. The van der Waals surface area contributed by atoms with Gasteiger partial charge in [0.15, 0.2) is 0 Å². The van der Waals surface area contributed by atoms with Gasteiger partial charge in [0.2, 0.25) is 0 Å².